The highest BCUT2D eigenvalue weighted by molar-refractivity contribution is 5.00. The van der Waals surface area contributed by atoms with Crippen LogP contribution in [-0.4, -0.2) is 23.3 Å². The van der Waals surface area contributed by atoms with Crippen molar-refractivity contribution in [2.75, 3.05) is 6.61 Å². The molecular formula is C12H22N2O. The van der Waals surface area contributed by atoms with Crippen molar-refractivity contribution in [3.63, 3.8) is 0 Å². The predicted molar refractivity (Wildman–Crippen MR) is 60.3 cm³/mol. The first-order valence-electron chi connectivity index (χ1n) is 5.94. The lowest BCUT2D eigenvalue weighted by Crippen LogP contribution is -2.54. The first-order chi connectivity index (χ1) is 7.15. The Morgan fingerprint density at radius 3 is 2.87 bits per heavy atom. The average Bonchev–Trinajstić information content (AvgIpc) is 2.26. The molecule has 86 valence electrons. The molecule has 3 unspecified atom stereocenters. The molecular weight excluding hydrogens is 188 g/mol. The van der Waals surface area contributed by atoms with Crippen molar-refractivity contribution in [2.45, 2.75) is 57.5 Å². The van der Waals surface area contributed by atoms with Crippen LogP contribution in [0.4, 0.5) is 0 Å². The highest BCUT2D eigenvalue weighted by Crippen LogP contribution is 2.32. The Bertz CT molecular complexity index is 236. The zero-order valence-corrected chi connectivity index (χ0v) is 9.79. The molecule has 3 heteroatoms. The summed E-state index contributed by atoms with van der Waals surface area (Å²) in [5.74, 6) is 0.648. The molecule has 15 heavy (non-hydrogen) atoms. The van der Waals surface area contributed by atoms with Gasteiger partial charge in [-0.05, 0) is 25.2 Å². The van der Waals surface area contributed by atoms with Crippen molar-refractivity contribution in [1.82, 2.24) is 5.32 Å². The smallest absolute Gasteiger partial charge is 0.0955 e. The molecule has 0 heterocycles. The van der Waals surface area contributed by atoms with Crippen LogP contribution in [-0.2, 0) is 0 Å². The summed E-state index contributed by atoms with van der Waals surface area (Å²) in [6, 6.07) is 2.13. The van der Waals surface area contributed by atoms with Gasteiger partial charge in [0, 0.05) is 5.54 Å². The van der Waals surface area contributed by atoms with E-state index in [4.69, 9.17) is 5.26 Å². The standard InChI is InChI=1S/C12H22N2O/c1-3-11(8-13)14-12(9-15)6-4-5-10(2)7-12/h10-11,14-15H,3-7,9H2,1-2H3. The normalized spacial score (nSPS) is 33.3. The van der Waals surface area contributed by atoms with Gasteiger partial charge in [-0.25, -0.2) is 0 Å². The van der Waals surface area contributed by atoms with Crippen LogP contribution >= 0.6 is 0 Å². The van der Waals surface area contributed by atoms with Crippen LogP contribution < -0.4 is 5.32 Å². The largest absolute Gasteiger partial charge is 0.394 e. The van der Waals surface area contributed by atoms with E-state index in [1.54, 1.807) is 0 Å². The molecule has 0 aromatic heterocycles. The van der Waals surface area contributed by atoms with Crippen molar-refractivity contribution in [1.29, 1.82) is 5.26 Å². The third kappa shape index (κ3) is 3.19. The van der Waals surface area contributed by atoms with Crippen LogP contribution in [0, 0.1) is 17.2 Å². The lowest BCUT2D eigenvalue weighted by Gasteiger charge is -2.40. The van der Waals surface area contributed by atoms with Crippen LogP contribution in [0.2, 0.25) is 0 Å². The van der Waals surface area contributed by atoms with Crippen LogP contribution in [0.15, 0.2) is 0 Å². The highest BCUT2D eigenvalue weighted by Gasteiger charge is 2.35. The van der Waals surface area contributed by atoms with Crippen molar-refractivity contribution in [3.8, 4) is 6.07 Å². The van der Waals surface area contributed by atoms with E-state index in [0.717, 1.165) is 25.7 Å². The molecule has 0 saturated heterocycles. The van der Waals surface area contributed by atoms with Crippen LogP contribution in [0.3, 0.4) is 0 Å². The maximum Gasteiger partial charge on any atom is 0.0955 e. The predicted octanol–water partition coefficient (Wildman–Crippen LogP) is 1.82. The molecule has 1 fully saturated rings. The van der Waals surface area contributed by atoms with Gasteiger partial charge in [-0.15, -0.1) is 0 Å². The van der Waals surface area contributed by atoms with Crippen molar-refractivity contribution in [3.05, 3.63) is 0 Å². The lowest BCUT2D eigenvalue weighted by molar-refractivity contribution is 0.0937. The molecule has 3 nitrogen and oxygen atoms in total. The average molecular weight is 210 g/mol. The summed E-state index contributed by atoms with van der Waals surface area (Å²) in [6.45, 7) is 4.37. The third-order valence-corrected chi connectivity index (χ3v) is 3.44. The molecule has 1 aliphatic carbocycles. The van der Waals surface area contributed by atoms with Crippen LogP contribution in [0.25, 0.3) is 0 Å². The number of nitrogens with one attached hydrogen (secondary N) is 1. The molecule has 3 atom stereocenters. The number of nitrogens with zero attached hydrogens (tertiary/aromatic N) is 1. The van der Waals surface area contributed by atoms with Crippen molar-refractivity contribution in [2.24, 2.45) is 5.92 Å². The third-order valence-electron chi connectivity index (χ3n) is 3.44. The van der Waals surface area contributed by atoms with E-state index in [0.29, 0.717) is 5.92 Å². The molecule has 0 aromatic rings. The van der Waals surface area contributed by atoms with E-state index in [1.165, 1.54) is 6.42 Å². The monoisotopic (exact) mass is 210 g/mol. The van der Waals surface area contributed by atoms with E-state index in [1.807, 2.05) is 6.92 Å². The van der Waals surface area contributed by atoms with E-state index < -0.39 is 0 Å². The zero-order chi connectivity index (χ0) is 11.3. The molecule has 2 N–H and O–H groups in total. The van der Waals surface area contributed by atoms with E-state index in [9.17, 15) is 5.11 Å². The number of aliphatic hydroxyl groups excluding tert-OH is 1. The molecule has 0 aliphatic heterocycles. The number of hydrogen-bond donors (Lipinski definition) is 2. The minimum absolute atomic E-state index is 0.123. The fourth-order valence-electron chi connectivity index (χ4n) is 2.58. The van der Waals surface area contributed by atoms with Gasteiger partial charge in [0.25, 0.3) is 0 Å². The maximum absolute atomic E-state index is 9.53. The molecule has 0 bridgehead atoms. The fourth-order valence-corrected chi connectivity index (χ4v) is 2.58. The molecule has 0 spiro atoms. The zero-order valence-electron chi connectivity index (χ0n) is 9.79. The van der Waals surface area contributed by atoms with E-state index in [2.05, 4.69) is 18.3 Å². The Hall–Kier alpha value is -0.590. The molecule has 1 saturated carbocycles. The Morgan fingerprint density at radius 1 is 1.67 bits per heavy atom. The SMILES string of the molecule is CCC(C#N)NC1(CO)CCCC(C)C1. The first-order valence-corrected chi connectivity index (χ1v) is 5.94. The second kappa shape index (κ2) is 5.48. The topological polar surface area (TPSA) is 56.0 Å². The van der Waals surface area contributed by atoms with Gasteiger partial charge in [-0.3, -0.25) is 5.32 Å². The minimum atomic E-state index is -0.200. The number of nitriles is 1. The quantitative estimate of drug-likeness (QED) is 0.744. The van der Waals surface area contributed by atoms with Gasteiger partial charge in [0.05, 0.1) is 18.7 Å². The molecule has 0 aromatic carbocycles. The second-order valence-electron chi connectivity index (χ2n) is 4.87. The number of aliphatic hydroxyl groups is 1. The van der Waals surface area contributed by atoms with Gasteiger partial charge < -0.3 is 5.11 Å². The number of rotatable bonds is 4. The summed E-state index contributed by atoms with van der Waals surface area (Å²) in [4.78, 5) is 0. The summed E-state index contributed by atoms with van der Waals surface area (Å²) >= 11 is 0. The first kappa shape index (κ1) is 12.5. The lowest BCUT2D eigenvalue weighted by atomic mass is 9.76. The Morgan fingerprint density at radius 2 is 2.40 bits per heavy atom. The maximum atomic E-state index is 9.53. The Balaban J connectivity index is 2.63. The molecule has 1 rings (SSSR count). The van der Waals surface area contributed by atoms with Gasteiger partial charge in [0.15, 0.2) is 0 Å². The van der Waals surface area contributed by atoms with E-state index >= 15 is 0 Å². The van der Waals surface area contributed by atoms with Gasteiger partial charge in [0.1, 0.15) is 0 Å². The molecule has 1 aliphatic rings. The summed E-state index contributed by atoms with van der Waals surface area (Å²) in [6.07, 6.45) is 5.17. The highest BCUT2D eigenvalue weighted by atomic mass is 16.3. The fraction of sp³-hybridized carbons (Fsp3) is 0.917. The van der Waals surface area contributed by atoms with Crippen molar-refractivity contribution < 1.29 is 5.11 Å². The van der Waals surface area contributed by atoms with E-state index in [-0.39, 0.29) is 18.2 Å². The van der Waals surface area contributed by atoms with Gasteiger partial charge in [0.2, 0.25) is 0 Å². The summed E-state index contributed by atoms with van der Waals surface area (Å²) in [5.41, 5.74) is -0.200. The minimum Gasteiger partial charge on any atom is -0.394 e. The summed E-state index contributed by atoms with van der Waals surface area (Å²) in [7, 11) is 0. The van der Waals surface area contributed by atoms with Gasteiger partial charge in [-0.1, -0.05) is 26.7 Å². The molecule has 0 radical (unpaired) electrons. The van der Waals surface area contributed by atoms with Crippen molar-refractivity contribution >= 4 is 0 Å². The summed E-state index contributed by atoms with van der Waals surface area (Å²) < 4.78 is 0. The van der Waals surface area contributed by atoms with Gasteiger partial charge >= 0.3 is 0 Å². The Kier molecular flexibility index (Phi) is 4.56. The van der Waals surface area contributed by atoms with Gasteiger partial charge in [-0.2, -0.15) is 5.26 Å². The summed E-state index contributed by atoms with van der Waals surface area (Å²) in [5, 5.41) is 21.8. The van der Waals surface area contributed by atoms with Crippen LogP contribution in [0.5, 0.6) is 0 Å². The number of hydrogen-bond acceptors (Lipinski definition) is 3. The Labute approximate surface area is 92.5 Å². The second-order valence-corrected chi connectivity index (χ2v) is 4.87. The molecule has 0 amide bonds. The van der Waals surface area contributed by atoms with Crippen LogP contribution in [0.1, 0.15) is 46.0 Å².